The summed E-state index contributed by atoms with van der Waals surface area (Å²) in [6.07, 6.45) is 0. The molecule has 3 heteroatoms. The summed E-state index contributed by atoms with van der Waals surface area (Å²) in [6.45, 7) is 7.16. The highest BCUT2D eigenvalue weighted by Crippen LogP contribution is 2.23. The van der Waals surface area contributed by atoms with Gasteiger partial charge >= 0.3 is 5.97 Å². The van der Waals surface area contributed by atoms with Crippen LogP contribution in [0.3, 0.4) is 0 Å². The lowest BCUT2D eigenvalue weighted by Gasteiger charge is -2.15. The van der Waals surface area contributed by atoms with Crippen LogP contribution in [0.25, 0.3) is 5.57 Å². The fourth-order valence-corrected chi connectivity index (χ4v) is 1.60. The number of benzene rings is 1. The smallest absolute Gasteiger partial charge is 0.320 e. The van der Waals surface area contributed by atoms with Crippen molar-refractivity contribution in [3.63, 3.8) is 0 Å². The molecular weight excluding hydrogens is 216 g/mol. The highest BCUT2D eigenvalue weighted by atomic mass is 16.5. The van der Waals surface area contributed by atoms with Crippen LogP contribution in [-0.2, 0) is 14.3 Å². The van der Waals surface area contributed by atoms with Gasteiger partial charge in [-0.15, -0.1) is 0 Å². The van der Waals surface area contributed by atoms with Gasteiger partial charge in [0, 0.05) is 0 Å². The third-order valence-electron chi connectivity index (χ3n) is 2.42. The molecule has 1 rings (SSSR count). The number of ketones is 1. The summed E-state index contributed by atoms with van der Waals surface area (Å²) in [7, 11) is 0. The van der Waals surface area contributed by atoms with Crippen LogP contribution in [-0.4, -0.2) is 18.4 Å². The molecule has 0 radical (unpaired) electrons. The quantitative estimate of drug-likeness (QED) is 0.578. The molecule has 3 nitrogen and oxygen atoms in total. The van der Waals surface area contributed by atoms with Gasteiger partial charge in [0.1, 0.15) is 11.7 Å². The summed E-state index contributed by atoms with van der Waals surface area (Å²) < 4.78 is 4.89. The molecule has 0 heterocycles. The van der Waals surface area contributed by atoms with E-state index in [2.05, 4.69) is 6.58 Å². The van der Waals surface area contributed by atoms with E-state index in [0.717, 1.165) is 5.56 Å². The highest BCUT2D eigenvalue weighted by molar-refractivity contribution is 6.08. The summed E-state index contributed by atoms with van der Waals surface area (Å²) in [6, 6.07) is 9.17. The van der Waals surface area contributed by atoms with Crippen molar-refractivity contribution in [3.05, 3.63) is 42.5 Å². The van der Waals surface area contributed by atoms with Gasteiger partial charge < -0.3 is 4.74 Å². The molecule has 0 aliphatic heterocycles. The van der Waals surface area contributed by atoms with Crippen molar-refractivity contribution in [2.45, 2.75) is 13.8 Å². The molecule has 0 bridgehead atoms. The molecule has 0 aliphatic carbocycles. The molecule has 1 aromatic rings. The second-order valence-corrected chi connectivity index (χ2v) is 3.69. The van der Waals surface area contributed by atoms with Crippen molar-refractivity contribution in [3.8, 4) is 0 Å². The van der Waals surface area contributed by atoms with E-state index in [4.69, 9.17) is 4.74 Å². The maximum atomic E-state index is 11.7. The van der Waals surface area contributed by atoms with Gasteiger partial charge in [0.05, 0.1) is 6.61 Å². The molecule has 1 unspecified atom stereocenters. The van der Waals surface area contributed by atoms with Crippen LogP contribution in [0.5, 0.6) is 0 Å². The molecule has 90 valence electrons. The Morgan fingerprint density at radius 2 is 1.88 bits per heavy atom. The first-order chi connectivity index (χ1) is 8.07. The Morgan fingerprint density at radius 1 is 1.29 bits per heavy atom. The lowest BCUT2D eigenvalue weighted by molar-refractivity contribution is -0.148. The van der Waals surface area contributed by atoms with Crippen molar-refractivity contribution in [2.24, 2.45) is 5.92 Å². The fourth-order valence-electron chi connectivity index (χ4n) is 1.60. The van der Waals surface area contributed by atoms with E-state index in [1.807, 2.05) is 30.3 Å². The summed E-state index contributed by atoms with van der Waals surface area (Å²) in [4.78, 5) is 23.2. The number of hydrogen-bond donors (Lipinski definition) is 0. The minimum Gasteiger partial charge on any atom is -0.465 e. The molecule has 1 atom stereocenters. The molecule has 1 aromatic carbocycles. The third kappa shape index (κ3) is 3.28. The summed E-state index contributed by atoms with van der Waals surface area (Å²) >= 11 is 0. The van der Waals surface area contributed by atoms with E-state index in [-0.39, 0.29) is 12.4 Å². The van der Waals surface area contributed by atoms with Crippen molar-refractivity contribution in [1.29, 1.82) is 0 Å². The summed E-state index contributed by atoms with van der Waals surface area (Å²) in [5, 5.41) is 0. The summed E-state index contributed by atoms with van der Waals surface area (Å²) in [5.74, 6) is -1.69. The van der Waals surface area contributed by atoms with Crippen LogP contribution >= 0.6 is 0 Å². The number of ether oxygens (including phenoxy) is 1. The van der Waals surface area contributed by atoms with E-state index in [9.17, 15) is 9.59 Å². The molecule has 0 spiro atoms. The standard InChI is InChI=1S/C14H16O3/c1-4-17-14(16)13(11(3)15)10(2)12-8-6-5-7-9-12/h5-9,13H,2,4H2,1,3H3. The summed E-state index contributed by atoms with van der Waals surface area (Å²) in [5.41, 5.74) is 1.26. The molecular formula is C14H16O3. The molecule has 0 amide bonds. The van der Waals surface area contributed by atoms with Gasteiger partial charge in [-0.05, 0) is 25.0 Å². The van der Waals surface area contributed by atoms with Gasteiger partial charge in [0.15, 0.2) is 0 Å². The van der Waals surface area contributed by atoms with Crippen LogP contribution in [0, 0.1) is 5.92 Å². The Labute approximate surface area is 101 Å². The second kappa shape index (κ2) is 5.99. The molecule has 0 fully saturated rings. The lowest BCUT2D eigenvalue weighted by atomic mass is 9.91. The van der Waals surface area contributed by atoms with Gasteiger partial charge in [0.2, 0.25) is 0 Å². The number of carbonyl (C=O) groups excluding carboxylic acids is 2. The predicted molar refractivity (Wildman–Crippen MR) is 66.3 cm³/mol. The topological polar surface area (TPSA) is 43.4 Å². The monoisotopic (exact) mass is 232 g/mol. The van der Waals surface area contributed by atoms with Gasteiger partial charge in [-0.3, -0.25) is 9.59 Å². The van der Waals surface area contributed by atoms with Crippen LogP contribution in [0.1, 0.15) is 19.4 Å². The van der Waals surface area contributed by atoms with Crippen molar-refractivity contribution in [1.82, 2.24) is 0 Å². The van der Waals surface area contributed by atoms with E-state index >= 15 is 0 Å². The zero-order valence-electron chi connectivity index (χ0n) is 10.1. The molecule has 0 saturated carbocycles. The Kier molecular flexibility index (Phi) is 4.64. The van der Waals surface area contributed by atoms with Crippen molar-refractivity contribution in [2.75, 3.05) is 6.61 Å². The maximum Gasteiger partial charge on any atom is 0.320 e. The zero-order chi connectivity index (χ0) is 12.8. The minimum atomic E-state index is -0.905. The fraction of sp³-hybridized carbons (Fsp3) is 0.286. The Bertz CT molecular complexity index is 420. The minimum absolute atomic E-state index is 0.252. The maximum absolute atomic E-state index is 11.7. The van der Waals surface area contributed by atoms with Gasteiger partial charge in [-0.25, -0.2) is 0 Å². The number of carbonyl (C=O) groups is 2. The molecule has 0 N–H and O–H groups in total. The normalized spacial score (nSPS) is 11.6. The highest BCUT2D eigenvalue weighted by Gasteiger charge is 2.28. The van der Waals surface area contributed by atoms with E-state index in [1.54, 1.807) is 6.92 Å². The van der Waals surface area contributed by atoms with Crippen LogP contribution in [0.2, 0.25) is 0 Å². The molecule has 0 aromatic heterocycles. The molecule has 0 aliphatic rings. The SMILES string of the molecule is C=C(c1ccccc1)C(C(C)=O)C(=O)OCC. The first-order valence-corrected chi connectivity index (χ1v) is 5.49. The zero-order valence-corrected chi connectivity index (χ0v) is 10.1. The second-order valence-electron chi connectivity index (χ2n) is 3.69. The Morgan fingerprint density at radius 3 is 2.35 bits per heavy atom. The molecule has 0 saturated heterocycles. The van der Waals surface area contributed by atoms with Gasteiger partial charge in [-0.2, -0.15) is 0 Å². The first kappa shape index (κ1) is 13.2. The predicted octanol–water partition coefficient (Wildman–Crippen LogP) is 2.47. The van der Waals surface area contributed by atoms with Gasteiger partial charge in [0.25, 0.3) is 0 Å². The molecule has 17 heavy (non-hydrogen) atoms. The van der Waals surface area contributed by atoms with E-state index in [1.165, 1.54) is 6.92 Å². The number of rotatable bonds is 5. The van der Waals surface area contributed by atoms with Crippen molar-refractivity contribution >= 4 is 17.3 Å². The Hall–Kier alpha value is -1.90. The van der Waals surface area contributed by atoms with Gasteiger partial charge in [-0.1, -0.05) is 36.9 Å². The van der Waals surface area contributed by atoms with E-state index in [0.29, 0.717) is 5.57 Å². The van der Waals surface area contributed by atoms with Crippen LogP contribution in [0.15, 0.2) is 36.9 Å². The number of hydrogen-bond acceptors (Lipinski definition) is 3. The Balaban J connectivity index is 2.97. The van der Waals surface area contributed by atoms with Crippen LogP contribution in [0.4, 0.5) is 0 Å². The van der Waals surface area contributed by atoms with Crippen molar-refractivity contribution < 1.29 is 14.3 Å². The average molecular weight is 232 g/mol. The number of Topliss-reactive ketones (excluding diaryl/α,β-unsaturated/α-hetero) is 1. The third-order valence-corrected chi connectivity index (χ3v) is 2.42. The van der Waals surface area contributed by atoms with E-state index < -0.39 is 11.9 Å². The first-order valence-electron chi connectivity index (χ1n) is 5.49. The average Bonchev–Trinajstić information content (AvgIpc) is 2.30. The largest absolute Gasteiger partial charge is 0.465 e. The van der Waals surface area contributed by atoms with Crippen LogP contribution < -0.4 is 0 Å². The lowest BCUT2D eigenvalue weighted by Crippen LogP contribution is -2.25. The number of esters is 1.